The normalized spacial score (nSPS) is 19.1. The van der Waals surface area contributed by atoms with Crippen LogP contribution in [0.15, 0.2) is 42.0 Å². The minimum Gasteiger partial charge on any atom is -0.507 e. The minimum atomic E-state index is -0.779. The average molecular weight is 472 g/mol. The quantitative estimate of drug-likeness (QED) is 0.357. The molecule has 2 heterocycles. The third-order valence-corrected chi connectivity index (χ3v) is 6.01. The van der Waals surface area contributed by atoms with Crippen LogP contribution >= 0.6 is 11.6 Å². The Morgan fingerprint density at radius 2 is 1.88 bits per heavy atom. The van der Waals surface area contributed by atoms with Gasteiger partial charge < -0.3 is 24.2 Å². The number of unbranched alkanes of at least 4 members (excludes halogenated alkanes) is 1. The summed E-state index contributed by atoms with van der Waals surface area (Å²) in [7, 11) is 0. The summed E-state index contributed by atoms with van der Waals surface area (Å²) < 4.78 is 16.8. The van der Waals surface area contributed by atoms with Crippen molar-refractivity contribution in [1.82, 2.24) is 4.90 Å². The summed E-state index contributed by atoms with van der Waals surface area (Å²) >= 11 is 6.37. The number of carbonyl (C=O) groups excluding carboxylic acids is 2. The predicted octanol–water partition coefficient (Wildman–Crippen LogP) is 4.73. The van der Waals surface area contributed by atoms with Crippen LogP contribution in [0.3, 0.4) is 0 Å². The van der Waals surface area contributed by atoms with Gasteiger partial charge in [0.1, 0.15) is 24.7 Å². The number of hydrogen-bond acceptors (Lipinski definition) is 6. The van der Waals surface area contributed by atoms with Crippen LogP contribution in [-0.4, -0.2) is 48.1 Å². The van der Waals surface area contributed by atoms with Crippen LogP contribution in [0.2, 0.25) is 5.02 Å². The summed E-state index contributed by atoms with van der Waals surface area (Å²) in [5, 5.41) is 11.5. The second-order valence-electron chi connectivity index (χ2n) is 7.82. The highest BCUT2D eigenvalue weighted by Crippen LogP contribution is 2.43. The second-order valence-corrected chi connectivity index (χ2v) is 8.23. The number of halogens is 1. The van der Waals surface area contributed by atoms with Gasteiger partial charge in [-0.15, -0.1) is 0 Å². The summed E-state index contributed by atoms with van der Waals surface area (Å²) in [5.41, 5.74) is 0.871. The van der Waals surface area contributed by atoms with E-state index in [1.807, 2.05) is 13.8 Å². The van der Waals surface area contributed by atoms with Gasteiger partial charge >= 0.3 is 0 Å². The molecule has 1 saturated heterocycles. The Kier molecular flexibility index (Phi) is 6.79. The molecule has 1 unspecified atom stereocenters. The van der Waals surface area contributed by atoms with E-state index in [1.54, 1.807) is 36.4 Å². The van der Waals surface area contributed by atoms with E-state index in [1.165, 1.54) is 4.90 Å². The van der Waals surface area contributed by atoms with Crippen LogP contribution in [0.5, 0.6) is 17.2 Å². The molecule has 0 radical (unpaired) electrons. The van der Waals surface area contributed by atoms with E-state index in [9.17, 15) is 14.7 Å². The molecule has 7 nitrogen and oxygen atoms in total. The number of nitrogens with zero attached hydrogens (tertiary/aromatic N) is 1. The van der Waals surface area contributed by atoms with Gasteiger partial charge in [-0.05, 0) is 49.2 Å². The molecule has 1 amide bonds. The number of ketones is 1. The van der Waals surface area contributed by atoms with Crippen molar-refractivity contribution in [2.75, 3.05) is 26.4 Å². The predicted molar refractivity (Wildman–Crippen MR) is 124 cm³/mol. The van der Waals surface area contributed by atoms with Gasteiger partial charge in [0.2, 0.25) is 0 Å². The van der Waals surface area contributed by atoms with Crippen molar-refractivity contribution >= 4 is 29.1 Å². The zero-order valence-electron chi connectivity index (χ0n) is 18.6. The zero-order chi connectivity index (χ0) is 23.5. The maximum atomic E-state index is 13.1. The lowest BCUT2D eigenvalue weighted by atomic mass is 9.94. The summed E-state index contributed by atoms with van der Waals surface area (Å²) in [6, 6.07) is 9.37. The van der Waals surface area contributed by atoms with Crippen molar-refractivity contribution in [3.8, 4) is 17.2 Å². The highest BCUT2D eigenvalue weighted by molar-refractivity contribution is 6.47. The number of hydrogen-bond donors (Lipinski definition) is 1. The standard InChI is InChI=1S/C25H26ClNO6/c1-3-5-10-27-22(15-6-9-19-20(13-15)33-12-11-32-19)21(24(29)25(27)30)23(28)17-14-16(31-4-2)7-8-18(17)26/h6-9,13-14,22,28H,3-5,10-12H2,1-2H3/b23-21+. The molecule has 0 saturated carbocycles. The summed E-state index contributed by atoms with van der Waals surface area (Å²) in [6.07, 6.45) is 1.56. The largest absolute Gasteiger partial charge is 0.507 e. The van der Waals surface area contributed by atoms with Crippen LogP contribution in [0.1, 0.15) is 43.9 Å². The van der Waals surface area contributed by atoms with E-state index in [0.29, 0.717) is 55.6 Å². The molecule has 0 aliphatic carbocycles. The monoisotopic (exact) mass is 471 g/mol. The molecule has 33 heavy (non-hydrogen) atoms. The highest BCUT2D eigenvalue weighted by Gasteiger charge is 2.46. The number of Topliss-reactive ketones (excluding diaryl/α,β-unsaturated/α-hetero) is 1. The van der Waals surface area contributed by atoms with Crippen molar-refractivity contribution < 1.29 is 28.9 Å². The molecule has 4 rings (SSSR count). The van der Waals surface area contributed by atoms with E-state index in [0.717, 1.165) is 6.42 Å². The first kappa shape index (κ1) is 23.0. The first-order valence-corrected chi connectivity index (χ1v) is 11.4. The number of amides is 1. The van der Waals surface area contributed by atoms with Gasteiger partial charge in [0.25, 0.3) is 11.7 Å². The van der Waals surface area contributed by atoms with Crippen molar-refractivity contribution in [1.29, 1.82) is 0 Å². The minimum absolute atomic E-state index is 0.0108. The van der Waals surface area contributed by atoms with Crippen molar-refractivity contribution in [2.24, 2.45) is 0 Å². The topological polar surface area (TPSA) is 85.3 Å². The van der Waals surface area contributed by atoms with Crippen molar-refractivity contribution in [3.63, 3.8) is 0 Å². The van der Waals surface area contributed by atoms with Crippen LogP contribution in [0.4, 0.5) is 0 Å². The Balaban J connectivity index is 1.87. The lowest BCUT2D eigenvalue weighted by Crippen LogP contribution is -2.30. The molecular formula is C25H26ClNO6. The third kappa shape index (κ3) is 4.37. The number of ether oxygens (including phenoxy) is 3. The maximum Gasteiger partial charge on any atom is 0.295 e. The number of fused-ring (bicyclic) bond motifs is 1. The van der Waals surface area contributed by atoms with Crippen LogP contribution in [0.25, 0.3) is 5.76 Å². The number of aliphatic hydroxyl groups is 1. The number of carbonyl (C=O) groups is 2. The van der Waals surface area contributed by atoms with Crippen LogP contribution in [-0.2, 0) is 9.59 Å². The fraction of sp³-hybridized carbons (Fsp3) is 0.360. The molecule has 8 heteroatoms. The van der Waals surface area contributed by atoms with Gasteiger partial charge in [0, 0.05) is 12.1 Å². The van der Waals surface area contributed by atoms with E-state index < -0.39 is 17.7 Å². The average Bonchev–Trinajstić information content (AvgIpc) is 3.08. The Morgan fingerprint density at radius 3 is 2.61 bits per heavy atom. The van der Waals surface area contributed by atoms with Gasteiger partial charge in [-0.1, -0.05) is 31.0 Å². The molecule has 2 aromatic carbocycles. The molecular weight excluding hydrogens is 446 g/mol. The molecule has 1 atom stereocenters. The van der Waals surface area contributed by atoms with E-state index >= 15 is 0 Å². The Bertz CT molecular complexity index is 1110. The summed E-state index contributed by atoms with van der Waals surface area (Å²) in [6.45, 7) is 5.52. The lowest BCUT2D eigenvalue weighted by Gasteiger charge is -2.27. The first-order valence-electron chi connectivity index (χ1n) is 11.1. The van der Waals surface area contributed by atoms with E-state index in [-0.39, 0.29) is 21.9 Å². The molecule has 0 aromatic heterocycles. The fourth-order valence-corrected chi connectivity index (χ4v) is 4.31. The van der Waals surface area contributed by atoms with Gasteiger partial charge in [-0.3, -0.25) is 9.59 Å². The fourth-order valence-electron chi connectivity index (χ4n) is 4.10. The summed E-state index contributed by atoms with van der Waals surface area (Å²) in [4.78, 5) is 27.7. The molecule has 1 fully saturated rings. The molecule has 0 bridgehead atoms. The molecule has 2 aliphatic rings. The number of benzene rings is 2. The molecule has 0 spiro atoms. The number of aliphatic hydroxyl groups excluding tert-OH is 1. The van der Waals surface area contributed by atoms with Gasteiger partial charge in [0.15, 0.2) is 11.5 Å². The molecule has 2 aromatic rings. The second kappa shape index (κ2) is 9.75. The Morgan fingerprint density at radius 1 is 1.12 bits per heavy atom. The molecule has 1 N–H and O–H groups in total. The van der Waals surface area contributed by atoms with Gasteiger partial charge in [-0.25, -0.2) is 0 Å². The Labute approximate surface area is 197 Å². The number of likely N-dealkylation sites (tertiary alicyclic amines) is 1. The smallest absolute Gasteiger partial charge is 0.295 e. The highest BCUT2D eigenvalue weighted by atomic mass is 35.5. The Hall–Kier alpha value is -3.19. The maximum absolute atomic E-state index is 13.1. The lowest BCUT2D eigenvalue weighted by molar-refractivity contribution is -0.139. The van der Waals surface area contributed by atoms with Crippen LogP contribution < -0.4 is 14.2 Å². The zero-order valence-corrected chi connectivity index (χ0v) is 19.4. The molecule has 2 aliphatic heterocycles. The van der Waals surface area contributed by atoms with E-state index in [2.05, 4.69) is 0 Å². The van der Waals surface area contributed by atoms with Gasteiger partial charge in [-0.2, -0.15) is 0 Å². The number of rotatable bonds is 7. The first-order chi connectivity index (χ1) is 16.0. The SMILES string of the molecule is CCCCN1C(=O)C(=O)/C(=C(/O)c2cc(OCC)ccc2Cl)C1c1ccc2c(c1)OCCO2. The van der Waals surface area contributed by atoms with Gasteiger partial charge in [0.05, 0.1) is 23.2 Å². The van der Waals surface area contributed by atoms with E-state index in [4.69, 9.17) is 25.8 Å². The van der Waals surface area contributed by atoms with Crippen molar-refractivity contribution in [3.05, 3.63) is 58.1 Å². The third-order valence-electron chi connectivity index (χ3n) is 5.68. The summed E-state index contributed by atoms with van der Waals surface area (Å²) in [5.74, 6) is -0.0964. The molecule has 174 valence electrons. The van der Waals surface area contributed by atoms with Crippen molar-refractivity contribution in [2.45, 2.75) is 32.7 Å². The van der Waals surface area contributed by atoms with Crippen LogP contribution in [0, 0.1) is 0 Å².